The molecule has 0 aliphatic carbocycles. The molecule has 0 atom stereocenters. The molecule has 0 unspecified atom stereocenters. The number of hydrogen-bond acceptors (Lipinski definition) is 3. The molecule has 1 saturated heterocycles. The number of nitrogens with zero attached hydrogens (tertiary/aromatic N) is 1. The van der Waals surface area contributed by atoms with E-state index in [4.69, 9.17) is 23.2 Å². The van der Waals surface area contributed by atoms with Crippen LogP contribution in [0.15, 0.2) is 66.2 Å². The van der Waals surface area contributed by atoms with Crippen molar-refractivity contribution in [2.75, 3.05) is 4.90 Å². The Morgan fingerprint density at radius 1 is 1.00 bits per heavy atom. The Morgan fingerprint density at radius 2 is 1.76 bits per heavy atom. The van der Waals surface area contributed by atoms with Crippen LogP contribution in [0.4, 0.5) is 14.9 Å². The van der Waals surface area contributed by atoms with Gasteiger partial charge in [-0.05, 0) is 78.1 Å². The number of anilines is 1. The van der Waals surface area contributed by atoms with E-state index in [9.17, 15) is 18.8 Å². The molecule has 1 fully saturated rings. The highest BCUT2D eigenvalue weighted by Gasteiger charge is 2.37. The maximum absolute atomic E-state index is 13.6. The second-order valence-electron chi connectivity index (χ2n) is 7.49. The summed E-state index contributed by atoms with van der Waals surface area (Å²) in [4.78, 5) is 39.3. The Bertz CT molecular complexity index is 1340. The molecular formula is C25H17Cl2FN2O3. The highest BCUT2D eigenvalue weighted by atomic mass is 35.5. The maximum atomic E-state index is 13.6. The van der Waals surface area contributed by atoms with Crippen molar-refractivity contribution in [1.82, 2.24) is 5.32 Å². The first-order valence-corrected chi connectivity index (χ1v) is 10.7. The molecule has 8 heteroatoms. The van der Waals surface area contributed by atoms with Crippen molar-refractivity contribution in [3.8, 4) is 0 Å². The van der Waals surface area contributed by atoms with Gasteiger partial charge in [-0.2, -0.15) is 0 Å². The van der Waals surface area contributed by atoms with Crippen LogP contribution in [0.25, 0.3) is 6.08 Å². The summed E-state index contributed by atoms with van der Waals surface area (Å²) in [5.41, 5.74) is 2.49. The van der Waals surface area contributed by atoms with Gasteiger partial charge in [0.1, 0.15) is 11.4 Å². The number of amides is 4. The van der Waals surface area contributed by atoms with Gasteiger partial charge in [-0.15, -0.1) is 0 Å². The van der Waals surface area contributed by atoms with E-state index in [1.807, 2.05) is 0 Å². The fourth-order valence-corrected chi connectivity index (χ4v) is 3.95. The van der Waals surface area contributed by atoms with E-state index in [0.29, 0.717) is 33.2 Å². The van der Waals surface area contributed by atoms with E-state index in [0.717, 1.165) is 10.5 Å². The number of carbonyl (C=O) groups excluding carboxylic acids is 3. The molecule has 166 valence electrons. The Morgan fingerprint density at radius 3 is 2.52 bits per heavy atom. The number of halogens is 3. The van der Waals surface area contributed by atoms with Gasteiger partial charge in [0.25, 0.3) is 11.8 Å². The Balaban J connectivity index is 1.77. The fourth-order valence-electron chi connectivity index (χ4n) is 3.60. The predicted octanol–water partition coefficient (Wildman–Crippen LogP) is 5.70. The molecule has 5 nitrogen and oxygen atoms in total. The summed E-state index contributed by atoms with van der Waals surface area (Å²) >= 11 is 12.3. The third-order valence-electron chi connectivity index (χ3n) is 5.27. The lowest BCUT2D eigenvalue weighted by atomic mass is 9.97. The van der Waals surface area contributed by atoms with Gasteiger partial charge in [0.05, 0.1) is 5.69 Å². The first-order valence-electron chi connectivity index (χ1n) is 9.94. The minimum Gasteiger partial charge on any atom is -0.273 e. The number of hydrogen-bond donors (Lipinski definition) is 1. The van der Waals surface area contributed by atoms with Crippen LogP contribution in [0, 0.1) is 12.7 Å². The van der Waals surface area contributed by atoms with Gasteiger partial charge in [0, 0.05) is 10.0 Å². The van der Waals surface area contributed by atoms with Crippen LogP contribution < -0.4 is 10.2 Å². The van der Waals surface area contributed by atoms with E-state index in [-0.39, 0.29) is 17.1 Å². The molecule has 3 aromatic rings. The second kappa shape index (κ2) is 9.17. The van der Waals surface area contributed by atoms with Crippen LogP contribution in [0.3, 0.4) is 0 Å². The lowest BCUT2D eigenvalue weighted by molar-refractivity contribution is -0.122. The van der Waals surface area contributed by atoms with Crippen molar-refractivity contribution >= 4 is 52.8 Å². The molecule has 0 aromatic heterocycles. The van der Waals surface area contributed by atoms with Crippen molar-refractivity contribution in [3.05, 3.63) is 104 Å². The number of rotatable bonds is 4. The summed E-state index contributed by atoms with van der Waals surface area (Å²) < 4.78 is 13.6. The zero-order valence-corrected chi connectivity index (χ0v) is 18.9. The van der Waals surface area contributed by atoms with Crippen molar-refractivity contribution < 1.29 is 18.8 Å². The van der Waals surface area contributed by atoms with E-state index in [1.54, 1.807) is 55.5 Å². The van der Waals surface area contributed by atoms with Gasteiger partial charge in [0.15, 0.2) is 0 Å². The van der Waals surface area contributed by atoms with Crippen molar-refractivity contribution in [2.45, 2.75) is 13.3 Å². The fraction of sp³-hybridized carbons (Fsp3) is 0.0800. The highest BCUT2D eigenvalue weighted by Crippen LogP contribution is 2.30. The molecule has 1 aliphatic rings. The van der Waals surface area contributed by atoms with Gasteiger partial charge in [-0.3, -0.25) is 14.9 Å². The highest BCUT2D eigenvalue weighted by molar-refractivity contribution is 6.40. The van der Waals surface area contributed by atoms with Crippen LogP contribution in [0.2, 0.25) is 10.0 Å². The molecule has 3 aromatic carbocycles. The van der Waals surface area contributed by atoms with Gasteiger partial charge >= 0.3 is 6.03 Å². The van der Waals surface area contributed by atoms with Gasteiger partial charge < -0.3 is 0 Å². The van der Waals surface area contributed by atoms with Crippen LogP contribution in [0.5, 0.6) is 0 Å². The molecule has 1 aliphatic heterocycles. The van der Waals surface area contributed by atoms with Crippen molar-refractivity contribution in [1.29, 1.82) is 0 Å². The first-order chi connectivity index (χ1) is 15.7. The van der Waals surface area contributed by atoms with E-state index in [2.05, 4.69) is 5.32 Å². The van der Waals surface area contributed by atoms with Gasteiger partial charge in [-0.25, -0.2) is 14.1 Å². The Kier molecular flexibility index (Phi) is 6.31. The molecule has 0 saturated carbocycles. The van der Waals surface area contributed by atoms with Crippen molar-refractivity contribution in [3.63, 3.8) is 0 Å². The quantitative estimate of drug-likeness (QED) is 0.383. The molecule has 1 N–H and O–H groups in total. The van der Waals surface area contributed by atoms with E-state index < -0.39 is 17.8 Å². The average molecular weight is 483 g/mol. The molecule has 33 heavy (non-hydrogen) atoms. The van der Waals surface area contributed by atoms with Gasteiger partial charge in [0.2, 0.25) is 0 Å². The molecular weight excluding hydrogens is 466 g/mol. The zero-order valence-electron chi connectivity index (χ0n) is 17.4. The smallest absolute Gasteiger partial charge is 0.273 e. The number of carbonyl (C=O) groups is 3. The predicted molar refractivity (Wildman–Crippen MR) is 126 cm³/mol. The summed E-state index contributed by atoms with van der Waals surface area (Å²) in [5, 5.41) is 2.97. The summed E-state index contributed by atoms with van der Waals surface area (Å²) in [6.45, 7) is 1.67. The third kappa shape index (κ3) is 4.67. The third-order valence-corrected chi connectivity index (χ3v) is 5.92. The monoisotopic (exact) mass is 482 g/mol. The van der Waals surface area contributed by atoms with Gasteiger partial charge in [-0.1, -0.05) is 47.5 Å². The minimum absolute atomic E-state index is 0.239. The SMILES string of the molecule is Cc1c(Cl)cccc1N1C(=O)NC(=O)/C(=C\c2cc(Cl)ccc2Cc2cccc(F)c2)C1=O. The number of urea groups is 1. The molecule has 1 heterocycles. The maximum Gasteiger partial charge on any atom is 0.335 e. The Hall–Kier alpha value is -3.48. The zero-order chi connectivity index (χ0) is 23.7. The average Bonchev–Trinajstić information content (AvgIpc) is 2.76. The molecule has 0 bridgehead atoms. The van der Waals surface area contributed by atoms with Crippen LogP contribution in [-0.4, -0.2) is 17.8 Å². The number of barbiturate groups is 1. The summed E-state index contributed by atoms with van der Waals surface area (Å²) in [5.74, 6) is -1.97. The minimum atomic E-state index is -0.862. The second-order valence-corrected chi connectivity index (χ2v) is 8.34. The number of imide groups is 2. The van der Waals surface area contributed by atoms with Crippen LogP contribution in [0.1, 0.15) is 22.3 Å². The lowest BCUT2D eigenvalue weighted by Gasteiger charge is -2.28. The number of benzene rings is 3. The first kappa shape index (κ1) is 22.7. The van der Waals surface area contributed by atoms with Crippen LogP contribution in [-0.2, 0) is 16.0 Å². The van der Waals surface area contributed by atoms with E-state index in [1.165, 1.54) is 18.2 Å². The van der Waals surface area contributed by atoms with Crippen LogP contribution >= 0.6 is 23.2 Å². The molecule has 0 spiro atoms. The molecule has 4 rings (SSSR count). The number of nitrogens with one attached hydrogen (secondary N) is 1. The van der Waals surface area contributed by atoms with Crippen molar-refractivity contribution in [2.24, 2.45) is 0 Å². The summed E-state index contributed by atoms with van der Waals surface area (Å²) in [7, 11) is 0. The summed E-state index contributed by atoms with van der Waals surface area (Å²) in [6.07, 6.45) is 1.73. The molecule has 4 amide bonds. The topological polar surface area (TPSA) is 66.5 Å². The largest absolute Gasteiger partial charge is 0.335 e. The molecule has 0 radical (unpaired) electrons. The summed E-state index contributed by atoms with van der Waals surface area (Å²) in [6, 6.07) is 15.1. The van der Waals surface area contributed by atoms with E-state index >= 15 is 0 Å². The Labute approximate surface area is 199 Å². The normalized spacial score (nSPS) is 15.2. The standard InChI is InChI=1S/C25H17Cl2FN2O3/c1-14-21(27)6-3-7-22(14)30-24(32)20(23(31)29-25(30)33)13-17-12-18(26)9-8-16(17)10-15-4-2-5-19(28)11-15/h2-9,11-13H,10H2,1H3,(H,29,31,33)/b20-13+. The lowest BCUT2D eigenvalue weighted by Crippen LogP contribution is -2.54.